The van der Waals surface area contributed by atoms with E-state index in [1.54, 1.807) is 32.1 Å². The number of nitrogens with two attached hydrogens (primary N) is 3. The van der Waals surface area contributed by atoms with Crippen LogP contribution in [0.2, 0.25) is 0 Å². The number of thioether (sulfide) groups is 1. The number of ketones is 1. The van der Waals surface area contributed by atoms with Crippen LogP contribution in [0.1, 0.15) is 40.0 Å². The fourth-order valence-electron chi connectivity index (χ4n) is 5.63. The molecule has 1 aliphatic carbocycles. The molecule has 1 aliphatic heterocycles. The number of rotatable bonds is 20. The van der Waals surface area contributed by atoms with Gasteiger partial charge in [-0.3, -0.25) is 53.4 Å². The lowest BCUT2D eigenvalue weighted by Gasteiger charge is -2.42. The van der Waals surface area contributed by atoms with Crippen molar-refractivity contribution < 1.29 is 58.2 Å². The molecule has 0 aromatic heterocycles. The quantitative estimate of drug-likeness (QED) is 0.0320. The number of carbonyl (C=O) groups is 10. The van der Waals surface area contributed by atoms with Crippen LogP contribution in [0, 0.1) is 5.41 Å². The third-order valence-corrected chi connectivity index (χ3v) is 10.4. The van der Waals surface area contributed by atoms with Gasteiger partial charge in [0.15, 0.2) is 11.8 Å². The first-order valence-electron chi connectivity index (χ1n) is 17.0. The predicted molar refractivity (Wildman–Crippen MR) is 212 cm³/mol. The molecule has 2 rings (SSSR count). The first kappa shape index (κ1) is 48.3. The second-order valence-corrected chi connectivity index (χ2v) is 15.3. The van der Waals surface area contributed by atoms with E-state index < -0.39 is 113 Å². The van der Waals surface area contributed by atoms with Gasteiger partial charge in [0.05, 0.1) is 25.1 Å². The van der Waals surface area contributed by atoms with Crippen LogP contribution >= 0.6 is 36.6 Å². The molecule has 0 radical (unpaired) electrons. The summed E-state index contributed by atoms with van der Waals surface area (Å²) in [5, 5.41) is 28.6. The van der Waals surface area contributed by atoms with E-state index in [-0.39, 0.29) is 22.9 Å². The summed E-state index contributed by atoms with van der Waals surface area (Å²) in [6.07, 6.45) is 2.81. The molecule has 312 valence electrons. The van der Waals surface area contributed by atoms with Crippen molar-refractivity contribution in [2.45, 2.75) is 81.2 Å². The highest BCUT2D eigenvalue weighted by atomic mass is 32.2. The number of imide groups is 1. The molecule has 2 unspecified atom stereocenters. The number of primary amides is 1. The highest BCUT2D eigenvalue weighted by molar-refractivity contribution is 8.00. The van der Waals surface area contributed by atoms with Gasteiger partial charge in [0.1, 0.15) is 29.0 Å². The molecule has 0 saturated carbocycles. The Hall–Kier alpha value is -4.88. The molecule has 57 heavy (non-hydrogen) atoms. The third-order valence-electron chi connectivity index (χ3n) is 8.64. The summed E-state index contributed by atoms with van der Waals surface area (Å²) in [4.78, 5) is 130. The van der Waals surface area contributed by atoms with Crippen LogP contribution in [-0.4, -0.2) is 145 Å². The lowest BCUT2D eigenvalue weighted by atomic mass is 9.66. The molecule has 24 heteroatoms. The molecule has 7 atom stereocenters. The second kappa shape index (κ2) is 21.0. The smallest absolute Gasteiger partial charge is 0.331 e. The zero-order valence-electron chi connectivity index (χ0n) is 31.0. The highest BCUT2D eigenvalue weighted by Crippen LogP contribution is 2.40. The van der Waals surface area contributed by atoms with Crippen LogP contribution in [0.3, 0.4) is 0 Å². The molecule has 1 fully saturated rings. The van der Waals surface area contributed by atoms with Crippen molar-refractivity contribution in [3.05, 3.63) is 23.8 Å². The maximum Gasteiger partial charge on any atom is 0.331 e. The molecule has 21 nitrogen and oxygen atoms in total. The lowest BCUT2D eigenvalue weighted by Crippen LogP contribution is -2.62. The van der Waals surface area contributed by atoms with Gasteiger partial charge in [-0.05, 0) is 12.0 Å². The number of thiol groups is 1. The Kier molecular flexibility index (Phi) is 17.8. The van der Waals surface area contributed by atoms with Crippen molar-refractivity contribution in [1.29, 1.82) is 0 Å². The van der Waals surface area contributed by atoms with Crippen molar-refractivity contribution in [1.82, 2.24) is 26.2 Å². The number of Topliss-reactive ketones (excluding diaryl/α,β-unsaturated/α-hetero) is 1. The van der Waals surface area contributed by atoms with Crippen molar-refractivity contribution in [2.75, 3.05) is 18.1 Å². The van der Waals surface area contributed by atoms with Gasteiger partial charge in [0.2, 0.25) is 17.7 Å². The maximum absolute atomic E-state index is 13.8. The number of nitrogens with one attached hydrogen (secondary N) is 4. The fourth-order valence-corrected chi connectivity index (χ4v) is 7.17. The number of aliphatic carboxylic acids is 2. The van der Waals surface area contributed by atoms with Crippen LogP contribution < -0.4 is 38.5 Å². The number of carbonyl (C=O) groups excluding carboxylic acids is 8. The number of hydrogen-bond acceptors (Lipinski definition) is 16. The van der Waals surface area contributed by atoms with Crippen LogP contribution in [0.25, 0.3) is 0 Å². The average molecular weight is 856 g/mol. The molecule has 1 saturated heterocycles. The monoisotopic (exact) mass is 855 g/mol. The normalized spacial score (nSPS) is 21.1. The minimum Gasteiger partial charge on any atom is -0.481 e. The van der Waals surface area contributed by atoms with Crippen molar-refractivity contribution in [3.8, 4) is 0 Å². The SMILES string of the molecule is CC(=O)N[C@@H](CS)C(=O)N[C@@H](CC(N)=O)C(=O)N(C(=O)[C@H](CC(=O)O)NC(=O)C=NC(=O)[C@@H](N)CC1=CC(C)(C)C(N)(C(=O)C2NCCS2)C=C1)[C@@H](C=S)C(=O)O. The maximum atomic E-state index is 13.8. The largest absolute Gasteiger partial charge is 0.481 e. The molecule has 2 aliphatic rings. The van der Waals surface area contributed by atoms with E-state index in [1.807, 2.05) is 5.32 Å². The van der Waals surface area contributed by atoms with Crippen LogP contribution in [0.15, 0.2) is 28.8 Å². The number of allylic oxidation sites excluding steroid dienone is 1. The summed E-state index contributed by atoms with van der Waals surface area (Å²) in [7, 11) is 0. The number of hydrogen-bond donors (Lipinski definition) is 10. The molecular weight excluding hydrogens is 811 g/mol. The Balaban J connectivity index is 2.31. The minimum absolute atomic E-state index is 0.0803. The number of carboxylic acid groups (broad SMARTS) is 2. The van der Waals surface area contributed by atoms with Gasteiger partial charge in [-0.1, -0.05) is 44.3 Å². The number of amides is 7. The van der Waals surface area contributed by atoms with Crippen molar-refractivity contribution in [3.63, 3.8) is 0 Å². The van der Waals surface area contributed by atoms with Crippen LogP contribution in [-0.2, 0) is 47.9 Å². The average Bonchev–Trinajstić information content (AvgIpc) is 3.66. The number of carboxylic acids is 2. The molecule has 0 aromatic carbocycles. The first-order chi connectivity index (χ1) is 26.5. The first-order valence-corrected chi connectivity index (χ1v) is 19.1. The fraction of sp³-hybridized carbons (Fsp3) is 0.515. The molecule has 1 heterocycles. The minimum atomic E-state index is -2.32. The van der Waals surface area contributed by atoms with E-state index in [2.05, 4.69) is 33.6 Å². The van der Waals surface area contributed by atoms with E-state index in [4.69, 9.17) is 29.4 Å². The summed E-state index contributed by atoms with van der Waals surface area (Å²) in [6, 6.07) is -9.33. The van der Waals surface area contributed by atoms with E-state index in [0.29, 0.717) is 23.7 Å². The standard InChI is InChI=1S/C33H45N9O12S3/c1-15(43)39-20(13-55)27(50)41-18(9-22(35)44)29(51)42(21(14-56)31(53)54)30(52)19(10-24(46)47)40-23(45)12-38-26(49)17(34)8-16-4-5-33(36,32(2,3)11-16)25(48)28-37-6-7-57-28/h4-5,11-12,14,17-21,28,37,55H,6-10,13,34,36H2,1-3H3,(H2,35,44)(H,39,43)(H,40,45)(H,41,50)(H,46,47)(H,53,54)/t17-,18-,19-,20-,21-,28?,33?/m0/s1. The Morgan fingerprint density at radius 3 is 2.14 bits per heavy atom. The van der Waals surface area contributed by atoms with Gasteiger partial charge in [-0.15, -0.1) is 11.8 Å². The second-order valence-electron chi connectivity index (χ2n) is 13.4. The number of aliphatic imine (C=N–C) groups is 1. The summed E-state index contributed by atoms with van der Waals surface area (Å²) < 4.78 is 0. The predicted octanol–water partition coefficient (Wildman–Crippen LogP) is -3.69. The summed E-state index contributed by atoms with van der Waals surface area (Å²) in [6.45, 7) is 5.22. The molecular formula is C33H45N9O12S3. The van der Waals surface area contributed by atoms with E-state index in [0.717, 1.165) is 12.7 Å². The summed E-state index contributed by atoms with van der Waals surface area (Å²) >= 11 is 10.1. The topological polar surface area (TPSA) is 353 Å². The Bertz CT molecular complexity index is 1770. The van der Waals surface area contributed by atoms with Gasteiger partial charge in [-0.2, -0.15) is 12.6 Å². The zero-order chi connectivity index (χ0) is 43.4. The Morgan fingerprint density at radius 1 is 1.05 bits per heavy atom. The Morgan fingerprint density at radius 2 is 1.67 bits per heavy atom. The highest BCUT2D eigenvalue weighted by Gasteiger charge is 2.49. The summed E-state index contributed by atoms with van der Waals surface area (Å²) in [5.41, 5.74) is 16.1. The van der Waals surface area contributed by atoms with E-state index in [9.17, 15) is 58.2 Å². The van der Waals surface area contributed by atoms with Crippen molar-refractivity contribution >= 4 is 107 Å². The molecule has 0 bridgehead atoms. The lowest BCUT2D eigenvalue weighted by molar-refractivity contribution is -0.158. The third kappa shape index (κ3) is 13.1. The van der Waals surface area contributed by atoms with Gasteiger partial charge in [0, 0.05) is 35.8 Å². The van der Waals surface area contributed by atoms with Crippen LogP contribution in [0.5, 0.6) is 0 Å². The van der Waals surface area contributed by atoms with Gasteiger partial charge in [-0.25, -0.2) is 9.79 Å². The summed E-state index contributed by atoms with van der Waals surface area (Å²) in [5.74, 6) is -12.1. The number of thiocarbonyl (C=S) groups is 1. The number of nitrogens with zero attached hydrogens (tertiary/aromatic N) is 2. The molecule has 0 spiro atoms. The zero-order valence-corrected chi connectivity index (χ0v) is 33.5. The van der Waals surface area contributed by atoms with Gasteiger partial charge >= 0.3 is 11.9 Å². The Labute approximate surface area is 341 Å². The van der Waals surface area contributed by atoms with Gasteiger partial charge < -0.3 is 43.4 Å². The molecule has 12 N–H and O–H groups in total. The van der Waals surface area contributed by atoms with E-state index in [1.165, 1.54) is 11.8 Å². The van der Waals surface area contributed by atoms with Gasteiger partial charge in [0.25, 0.3) is 23.6 Å². The van der Waals surface area contributed by atoms with E-state index >= 15 is 0 Å². The van der Waals surface area contributed by atoms with Crippen LogP contribution in [0.4, 0.5) is 0 Å². The molecule has 7 amide bonds. The molecule has 0 aromatic rings. The van der Waals surface area contributed by atoms with Crippen molar-refractivity contribution in [2.24, 2.45) is 27.6 Å².